The van der Waals surface area contributed by atoms with Gasteiger partial charge in [-0.3, -0.25) is 4.79 Å². The summed E-state index contributed by atoms with van der Waals surface area (Å²) in [6, 6.07) is 15.1. The Morgan fingerprint density at radius 3 is 1.76 bits per heavy atom. The molecule has 0 heterocycles. The summed E-state index contributed by atoms with van der Waals surface area (Å²) in [6.45, 7) is 1.57. The largest absolute Gasteiger partial charge is 0.497 e. The quantitative estimate of drug-likeness (QED) is 0.617. The Morgan fingerprint density at radius 1 is 0.857 bits per heavy atom. The summed E-state index contributed by atoms with van der Waals surface area (Å²) in [5.74, 6) is 1.59. The second-order valence-electron chi connectivity index (χ2n) is 4.62. The van der Waals surface area contributed by atoms with Gasteiger partial charge in [-0.25, -0.2) is 0 Å². The number of hydrogen-bond donors (Lipinski definition) is 0. The summed E-state index contributed by atoms with van der Waals surface area (Å²) in [5, 5.41) is 0. The molecule has 0 atom stereocenters. The Kier molecular flexibility index (Phi) is 4.77. The first kappa shape index (κ1) is 14.9. The van der Waals surface area contributed by atoms with Crippen molar-refractivity contribution in [1.29, 1.82) is 0 Å². The summed E-state index contributed by atoms with van der Waals surface area (Å²) < 4.78 is 10.3. The van der Waals surface area contributed by atoms with Gasteiger partial charge in [0.05, 0.1) is 14.2 Å². The van der Waals surface area contributed by atoms with E-state index in [0.29, 0.717) is 5.57 Å². The van der Waals surface area contributed by atoms with Crippen LogP contribution in [0.15, 0.2) is 48.5 Å². The number of ketones is 1. The summed E-state index contributed by atoms with van der Waals surface area (Å²) in [5.41, 5.74) is 2.50. The molecular weight excluding hydrogens is 264 g/mol. The third-order valence-corrected chi connectivity index (χ3v) is 3.21. The van der Waals surface area contributed by atoms with Crippen LogP contribution in [0.4, 0.5) is 0 Å². The summed E-state index contributed by atoms with van der Waals surface area (Å²) in [6.07, 6.45) is 1.88. The number of methoxy groups -OCH3 is 2. The van der Waals surface area contributed by atoms with Crippen molar-refractivity contribution in [3.63, 3.8) is 0 Å². The molecule has 2 aromatic rings. The zero-order chi connectivity index (χ0) is 15.2. The van der Waals surface area contributed by atoms with E-state index in [0.717, 1.165) is 22.6 Å². The number of Topliss-reactive ketones (excluding diaryl/α,β-unsaturated/α-hetero) is 1. The maximum absolute atomic E-state index is 11.9. The number of hydrogen-bond acceptors (Lipinski definition) is 3. The third-order valence-electron chi connectivity index (χ3n) is 3.21. The Morgan fingerprint density at radius 2 is 1.33 bits per heavy atom. The highest BCUT2D eigenvalue weighted by atomic mass is 16.5. The van der Waals surface area contributed by atoms with Gasteiger partial charge < -0.3 is 9.47 Å². The predicted molar refractivity (Wildman–Crippen MR) is 84.5 cm³/mol. The molecule has 3 heteroatoms. The van der Waals surface area contributed by atoms with Crippen LogP contribution in [0, 0.1) is 0 Å². The molecular formula is C18H18O3. The van der Waals surface area contributed by atoms with Gasteiger partial charge in [-0.2, -0.15) is 0 Å². The lowest BCUT2D eigenvalue weighted by molar-refractivity contribution is -0.111. The van der Waals surface area contributed by atoms with E-state index >= 15 is 0 Å². The minimum Gasteiger partial charge on any atom is -0.497 e. The van der Waals surface area contributed by atoms with Gasteiger partial charge in [-0.15, -0.1) is 0 Å². The maximum Gasteiger partial charge on any atom is 0.160 e. The van der Waals surface area contributed by atoms with Crippen molar-refractivity contribution in [1.82, 2.24) is 0 Å². The smallest absolute Gasteiger partial charge is 0.160 e. The van der Waals surface area contributed by atoms with E-state index in [2.05, 4.69) is 0 Å². The van der Waals surface area contributed by atoms with E-state index in [1.165, 1.54) is 0 Å². The topological polar surface area (TPSA) is 35.5 Å². The van der Waals surface area contributed by atoms with Gasteiger partial charge in [0, 0.05) is 5.57 Å². The molecule has 0 aliphatic heterocycles. The van der Waals surface area contributed by atoms with Gasteiger partial charge in [-0.1, -0.05) is 24.3 Å². The molecule has 0 fully saturated rings. The van der Waals surface area contributed by atoms with E-state index in [9.17, 15) is 4.79 Å². The van der Waals surface area contributed by atoms with Crippen LogP contribution in [0.2, 0.25) is 0 Å². The van der Waals surface area contributed by atoms with Gasteiger partial charge in [0.15, 0.2) is 5.78 Å². The number of allylic oxidation sites excluding steroid dienone is 1. The van der Waals surface area contributed by atoms with Crippen LogP contribution < -0.4 is 9.47 Å². The normalized spacial score (nSPS) is 11.1. The molecule has 0 saturated carbocycles. The number of carbonyl (C=O) groups excluding carboxylic acids is 1. The molecule has 2 rings (SSSR count). The first-order valence-electron chi connectivity index (χ1n) is 6.65. The Balaban J connectivity index is 2.36. The highest BCUT2D eigenvalue weighted by Gasteiger charge is 2.07. The fourth-order valence-corrected chi connectivity index (χ4v) is 2.03. The molecule has 0 unspecified atom stereocenters. The number of carbonyl (C=O) groups is 1. The van der Waals surface area contributed by atoms with Gasteiger partial charge in [-0.05, 0) is 48.4 Å². The van der Waals surface area contributed by atoms with Crippen molar-refractivity contribution >= 4 is 17.4 Å². The molecule has 0 saturated heterocycles. The maximum atomic E-state index is 11.9. The first-order valence-corrected chi connectivity index (χ1v) is 6.65. The van der Waals surface area contributed by atoms with E-state index in [1.54, 1.807) is 21.1 Å². The van der Waals surface area contributed by atoms with E-state index in [1.807, 2.05) is 54.6 Å². The van der Waals surface area contributed by atoms with Crippen molar-refractivity contribution in [3.05, 3.63) is 59.7 Å². The monoisotopic (exact) mass is 282 g/mol. The van der Waals surface area contributed by atoms with Gasteiger partial charge in [0.2, 0.25) is 0 Å². The molecule has 0 aliphatic carbocycles. The van der Waals surface area contributed by atoms with Crippen LogP contribution in [0.3, 0.4) is 0 Å². The summed E-state index contributed by atoms with van der Waals surface area (Å²) in [7, 11) is 3.25. The van der Waals surface area contributed by atoms with E-state index in [4.69, 9.17) is 9.47 Å². The molecule has 0 amide bonds. The van der Waals surface area contributed by atoms with Gasteiger partial charge in [0.1, 0.15) is 11.5 Å². The molecule has 0 aromatic heterocycles. The van der Waals surface area contributed by atoms with Crippen molar-refractivity contribution in [3.8, 4) is 11.5 Å². The number of rotatable bonds is 5. The molecule has 0 bridgehead atoms. The van der Waals surface area contributed by atoms with Crippen LogP contribution in [0.25, 0.3) is 11.6 Å². The predicted octanol–water partition coefficient (Wildman–Crippen LogP) is 3.83. The lowest BCUT2D eigenvalue weighted by Gasteiger charge is -2.06. The lowest BCUT2D eigenvalue weighted by atomic mass is 9.99. The fraction of sp³-hybridized carbons (Fsp3) is 0.167. The number of benzene rings is 2. The van der Waals surface area contributed by atoms with Crippen molar-refractivity contribution in [2.75, 3.05) is 14.2 Å². The standard InChI is InChI=1S/C18H18O3/c1-13(19)18(15-6-10-17(21-3)11-7-15)12-14-4-8-16(20-2)9-5-14/h4-12H,1-3H3. The van der Waals surface area contributed by atoms with Crippen molar-refractivity contribution in [2.24, 2.45) is 0 Å². The Labute approximate surface area is 124 Å². The van der Waals surface area contributed by atoms with Crippen LogP contribution in [-0.4, -0.2) is 20.0 Å². The molecule has 3 nitrogen and oxygen atoms in total. The first-order chi connectivity index (χ1) is 10.1. The van der Waals surface area contributed by atoms with Crippen LogP contribution in [0.5, 0.6) is 11.5 Å². The van der Waals surface area contributed by atoms with Gasteiger partial charge in [0.25, 0.3) is 0 Å². The second-order valence-corrected chi connectivity index (χ2v) is 4.62. The van der Waals surface area contributed by atoms with E-state index in [-0.39, 0.29) is 5.78 Å². The molecule has 0 spiro atoms. The fourth-order valence-electron chi connectivity index (χ4n) is 2.03. The minimum absolute atomic E-state index is 0.0241. The van der Waals surface area contributed by atoms with Gasteiger partial charge >= 0.3 is 0 Å². The van der Waals surface area contributed by atoms with Crippen LogP contribution >= 0.6 is 0 Å². The average Bonchev–Trinajstić information content (AvgIpc) is 2.53. The molecule has 108 valence electrons. The number of ether oxygens (including phenoxy) is 2. The highest BCUT2D eigenvalue weighted by Crippen LogP contribution is 2.23. The summed E-state index contributed by atoms with van der Waals surface area (Å²) in [4.78, 5) is 11.9. The van der Waals surface area contributed by atoms with E-state index < -0.39 is 0 Å². The Bertz CT molecular complexity index is 637. The highest BCUT2D eigenvalue weighted by molar-refractivity contribution is 6.24. The minimum atomic E-state index is 0.0241. The zero-order valence-electron chi connectivity index (χ0n) is 12.4. The molecule has 0 radical (unpaired) electrons. The van der Waals surface area contributed by atoms with Crippen LogP contribution in [-0.2, 0) is 4.79 Å². The summed E-state index contributed by atoms with van der Waals surface area (Å²) >= 11 is 0. The Hall–Kier alpha value is -2.55. The molecule has 0 aliphatic rings. The van der Waals surface area contributed by atoms with Crippen LogP contribution in [0.1, 0.15) is 18.1 Å². The SMILES string of the molecule is COc1ccc(C=C(C(C)=O)c2ccc(OC)cc2)cc1. The van der Waals surface area contributed by atoms with Crippen molar-refractivity contribution < 1.29 is 14.3 Å². The van der Waals surface area contributed by atoms with Crippen molar-refractivity contribution in [2.45, 2.75) is 6.92 Å². The zero-order valence-corrected chi connectivity index (χ0v) is 12.4. The lowest BCUT2D eigenvalue weighted by Crippen LogP contribution is -1.96. The molecule has 0 N–H and O–H groups in total. The average molecular weight is 282 g/mol. The second kappa shape index (κ2) is 6.75. The molecule has 21 heavy (non-hydrogen) atoms. The third kappa shape index (κ3) is 3.72. The molecule has 2 aromatic carbocycles.